The van der Waals surface area contributed by atoms with Crippen LogP contribution in [0.3, 0.4) is 0 Å². The van der Waals surface area contributed by atoms with Gasteiger partial charge in [0.05, 0.1) is 7.11 Å². The molecule has 1 rings (SSSR count). The van der Waals surface area contributed by atoms with Gasteiger partial charge in [0, 0.05) is 18.0 Å². The van der Waals surface area contributed by atoms with Crippen LogP contribution in [0.2, 0.25) is 0 Å². The molecule has 0 saturated carbocycles. The van der Waals surface area contributed by atoms with Crippen molar-refractivity contribution in [1.82, 2.24) is 4.98 Å². The highest BCUT2D eigenvalue weighted by molar-refractivity contribution is 5.82. The Morgan fingerprint density at radius 3 is 2.88 bits per heavy atom. The van der Waals surface area contributed by atoms with E-state index in [1.807, 2.05) is 6.92 Å². The molecule has 0 spiro atoms. The molecule has 0 aliphatic carbocycles. The van der Waals surface area contributed by atoms with Crippen LogP contribution in [-0.2, 0) is 4.79 Å². The molecule has 1 heterocycles. The lowest BCUT2D eigenvalue weighted by molar-refractivity contribution is -0.141. The van der Waals surface area contributed by atoms with Gasteiger partial charge in [-0.1, -0.05) is 13.3 Å². The van der Waals surface area contributed by atoms with Gasteiger partial charge in [-0.3, -0.25) is 0 Å². The average molecular weight is 238 g/mol. The summed E-state index contributed by atoms with van der Waals surface area (Å²) in [6.45, 7) is 3.63. The van der Waals surface area contributed by atoms with Crippen molar-refractivity contribution < 1.29 is 14.6 Å². The molecule has 0 fully saturated rings. The molecular formula is C12H18N2O3. The van der Waals surface area contributed by atoms with Crippen LogP contribution < -0.4 is 10.1 Å². The zero-order chi connectivity index (χ0) is 12.9. The van der Waals surface area contributed by atoms with E-state index < -0.39 is 11.5 Å². The number of anilines is 1. The maximum atomic E-state index is 11.3. The normalized spacial score (nSPS) is 13.8. The van der Waals surface area contributed by atoms with Gasteiger partial charge in [-0.25, -0.2) is 9.78 Å². The Morgan fingerprint density at radius 1 is 1.65 bits per heavy atom. The van der Waals surface area contributed by atoms with E-state index >= 15 is 0 Å². The molecule has 2 N–H and O–H groups in total. The second kappa shape index (κ2) is 5.52. The molecule has 1 aromatic heterocycles. The molecule has 1 aromatic rings. The molecule has 5 nitrogen and oxygen atoms in total. The number of carboxylic acids is 1. The van der Waals surface area contributed by atoms with Crippen molar-refractivity contribution in [3.63, 3.8) is 0 Å². The van der Waals surface area contributed by atoms with Gasteiger partial charge in [0.2, 0.25) is 5.88 Å². The van der Waals surface area contributed by atoms with Crippen LogP contribution >= 0.6 is 0 Å². The standard InChI is InChI=1S/C12H18N2O3/c1-4-6-12(2,11(15)16)14-9-5-7-13-10(8-9)17-3/h5,7-8H,4,6H2,1-3H3,(H,13,14)(H,15,16). The van der Waals surface area contributed by atoms with Crippen molar-refractivity contribution in [3.8, 4) is 5.88 Å². The predicted octanol–water partition coefficient (Wildman–Crippen LogP) is 2.15. The first-order chi connectivity index (χ1) is 8.01. The predicted molar refractivity (Wildman–Crippen MR) is 65.4 cm³/mol. The summed E-state index contributed by atoms with van der Waals surface area (Å²) in [6, 6.07) is 3.40. The van der Waals surface area contributed by atoms with Crippen LogP contribution in [0.5, 0.6) is 5.88 Å². The molecular weight excluding hydrogens is 220 g/mol. The topological polar surface area (TPSA) is 71.5 Å². The highest BCUT2D eigenvalue weighted by Crippen LogP contribution is 2.22. The van der Waals surface area contributed by atoms with Gasteiger partial charge in [-0.15, -0.1) is 0 Å². The van der Waals surface area contributed by atoms with E-state index in [0.717, 1.165) is 6.42 Å². The van der Waals surface area contributed by atoms with Crippen molar-refractivity contribution in [2.24, 2.45) is 0 Å². The number of nitrogens with one attached hydrogen (secondary N) is 1. The number of carboxylic acid groups (broad SMARTS) is 1. The fraction of sp³-hybridized carbons (Fsp3) is 0.500. The van der Waals surface area contributed by atoms with E-state index in [9.17, 15) is 9.90 Å². The van der Waals surface area contributed by atoms with Crippen molar-refractivity contribution in [2.45, 2.75) is 32.2 Å². The zero-order valence-electron chi connectivity index (χ0n) is 10.4. The maximum Gasteiger partial charge on any atom is 0.329 e. The van der Waals surface area contributed by atoms with Crippen LogP contribution in [0.4, 0.5) is 5.69 Å². The van der Waals surface area contributed by atoms with E-state index in [2.05, 4.69) is 10.3 Å². The number of methoxy groups -OCH3 is 1. The molecule has 0 bridgehead atoms. The second-order valence-corrected chi connectivity index (χ2v) is 4.10. The van der Waals surface area contributed by atoms with Crippen molar-refractivity contribution in [1.29, 1.82) is 0 Å². The van der Waals surface area contributed by atoms with Crippen LogP contribution in [-0.4, -0.2) is 28.7 Å². The van der Waals surface area contributed by atoms with Crippen molar-refractivity contribution in [2.75, 3.05) is 12.4 Å². The number of hydrogen-bond acceptors (Lipinski definition) is 4. The van der Waals surface area contributed by atoms with Crippen molar-refractivity contribution in [3.05, 3.63) is 18.3 Å². The van der Waals surface area contributed by atoms with Gasteiger partial charge in [0.15, 0.2) is 0 Å². The van der Waals surface area contributed by atoms with Crippen LogP contribution in [0, 0.1) is 0 Å². The fourth-order valence-electron chi connectivity index (χ4n) is 1.64. The van der Waals surface area contributed by atoms with E-state index in [-0.39, 0.29) is 0 Å². The number of pyridine rings is 1. The molecule has 0 aliphatic rings. The summed E-state index contributed by atoms with van der Waals surface area (Å²) < 4.78 is 4.99. The van der Waals surface area contributed by atoms with Crippen LogP contribution in [0.15, 0.2) is 18.3 Å². The van der Waals surface area contributed by atoms with E-state index in [1.54, 1.807) is 25.3 Å². The lowest BCUT2D eigenvalue weighted by atomic mass is 9.96. The average Bonchev–Trinajstić information content (AvgIpc) is 2.29. The Balaban J connectivity index is 2.89. The Kier molecular flexibility index (Phi) is 4.31. The molecule has 0 radical (unpaired) electrons. The summed E-state index contributed by atoms with van der Waals surface area (Å²) in [5.74, 6) is -0.408. The van der Waals surface area contributed by atoms with Gasteiger partial charge in [-0.2, -0.15) is 0 Å². The van der Waals surface area contributed by atoms with Crippen LogP contribution in [0.1, 0.15) is 26.7 Å². The van der Waals surface area contributed by atoms with E-state index in [0.29, 0.717) is 18.0 Å². The van der Waals surface area contributed by atoms with Gasteiger partial charge < -0.3 is 15.2 Å². The highest BCUT2D eigenvalue weighted by atomic mass is 16.5. The molecule has 5 heteroatoms. The second-order valence-electron chi connectivity index (χ2n) is 4.10. The molecule has 0 aromatic carbocycles. The highest BCUT2D eigenvalue weighted by Gasteiger charge is 2.31. The molecule has 0 saturated heterocycles. The number of hydrogen-bond donors (Lipinski definition) is 2. The molecule has 1 atom stereocenters. The SMILES string of the molecule is CCCC(C)(Nc1ccnc(OC)c1)C(=O)O. The summed E-state index contributed by atoms with van der Waals surface area (Å²) in [5.41, 5.74) is -0.281. The molecule has 17 heavy (non-hydrogen) atoms. The van der Waals surface area contributed by atoms with Gasteiger partial charge in [0.25, 0.3) is 0 Å². The van der Waals surface area contributed by atoms with E-state index in [1.165, 1.54) is 7.11 Å². The maximum absolute atomic E-state index is 11.3. The van der Waals surface area contributed by atoms with Gasteiger partial charge >= 0.3 is 5.97 Å². The Morgan fingerprint density at radius 2 is 2.35 bits per heavy atom. The number of nitrogens with zero attached hydrogens (tertiary/aromatic N) is 1. The fourth-order valence-corrected chi connectivity index (χ4v) is 1.64. The Labute approximate surface area is 101 Å². The monoisotopic (exact) mass is 238 g/mol. The Hall–Kier alpha value is -1.78. The van der Waals surface area contributed by atoms with Gasteiger partial charge in [-0.05, 0) is 19.4 Å². The number of rotatable bonds is 6. The minimum Gasteiger partial charge on any atom is -0.481 e. The third kappa shape index (κ3) is 3.34. The van der Waals surface area contributed by atoms with Gasteiger partial charge in [0.1, 0.15) is 5.54 Å². The number of carbonyl (C=O) groups is 1. The third-order valence-electron chi connectivity index (χ3n) is 2.59. The summed E-state index contributed by atoms with van der Waals surface area (Å²) in [6.07, 6.45) is 2.92. The summed E-state index contributed by atoms with van der Waals surface area (Å²) >= 11 is 0. The minimum absolute atomic E-state index is 0.458. The van der Waals surface area contributed by atoms with Crippen molar-refractivity contribution >= 4 is 11.7 Å². The Bertz CT molecular complexity index is 395. The number of aliphatic carboxylic acids is 1. The first-order valence-corrected chi connectivity index (χ1v) is 5.53. The quantitative estimate of drug-likeness (QED) is 0.794. The summed E-state index contributed by atoms with van der Waals surface area (Å²) in [7, 11) is 1.52. The number of aromatic nitrogens is 1. The smallest absolute Gasteiger partial charge is 0.329 e. The summed E-state index contributed by atoms with van der Waals surface area (Å²) in [5, 5.41) is 12.3. The number of ether oxygens (including phenoxy) is 1. The zero-order valence-corrected chi connectivity index (χ0v) is 10.4. The largest absolute Gasteiger partial charge is 0.481 e. The summed E-state index contributed by atoms with van der Waals surface area (Å²) in [4.78, 5) is 15.2. The molecule has 0 amide bonds. The minimum atomic E-state index is -0.971. The van der Waals surface area contributed by atoms with E-state index in [4.69, 9.17) is 4.74 Å². The third-order valence-corrected chi connectivity index (χ3v) is 2.59. The lowest BCUT2D eigenvalue weighted by Gasteiger charge is -2.27. The first-order valence-electron chi connectivity index (χ1n) is 5.53. The molecule has 0 aliphatic heterocycles. The molecule has 94 valence electrons. The first kappa shape index (κ1) is 13.3. The molecule has 1 unspecified atom stereocenters. The lowest BCUT2D eigenvalue weighted by Crippen LogP contribution is -2.43. The van der Waals surface area contributed by atoms with Crippen LogP contribution in [0.25, 0.3) is 0 Å².